The van der Waals surface area contributed by atoms with Gasteiger partial charge in [0.2, 0.25) is 0 Å². The predicted molar refractivity (Wildman–Crippen MR) is 104 cm³/mol. The number of halogens is 3. The van der Waals surface area contributed by atoms with Crippen LogP contribution in [0.25, 0.3) is 0 Å². The molecule has 1 aliphatic rings. The van der Waals surface area contributed by atoms with Crippen LogP contribution in [0.15, 0.2) is 11.2 Å². The number of alkyl halides is 3. The van der Waals surface area contributed by atoms with Crippen molar-refractivity contribution in [2.45, 2.75) is 77.3 Å². The molecule has 2 heterocycles. The zero-order valence-electron chi connectivity index (χ0n) is 16.7. The van der Waals surface area contributed by atoms with E-state index in [1.807, 2.05) is 6.92 Å². The molecule has 2 aromatic rings. The smallest absolute Gasteiger partial charge is 0.339 e. The van der Waals surface area contributed by atoms with Crippen LogP contribution < -0.4 is 0 Å². The van der Waals surface area contributed by atoms with Crippen LogP contribution in [0.4, 0.5) is 13.2 Å². The first kappa shape index (κ1) is 21.0. The first-order valence-corrected chi connectivity index (χ1v) is 10.5. The van der Waals surface area contributed by atoms with Gasteiger partial charge in [-0.25, -0.2) is 4.98 Å². The number of hydrogen-bond donors (Lipinski definition) is 0. The molecule has 8 heteroatoms. The SMILES string of the molecule is Cc1nc(SCC(=O)c2cc(C)n(CC(F)(F)F)c2C)n(C2CCCC2)c1C. The van der Waals surface area contributed by atoms with Crippen molar-refractivity contribution in [3.8, 4) is 0 Å². The Balaban J connectivity index is 1.77. The molecule has 4 nitrogen and oxygen atoms in total. The number of Topliss-reactive ketones (excluding diaryl/α,β-unsaturated/α-hetero) is 1. The summed E-state index contributed by atoms with van der Waals surface area (Å²) in [7, 11) is 0. The summed E-state index contributed by atoms with van der Waals surface area (Å²) in [5, 5.41) is 0.833. The van der Waals surface area contributed by atoms with Crippen molar-refractivity contribution in [1.82, 2.24) is 14.1 Å². The minimum absolute atomic E-state index is 0.164. The van der Waals surface area contributed by atoms with Gasteiger partial charge in [-0.15, -0.1) is 0 Å². The third-order valence-electron chi connectivity index (χ3n) is 5.59. The number of aromatic nitrogens is 3. The van der Waals surface area contributed by atoms with Gasteiger partial charge in [0.05, 0.1) is 11.4 Å². The van der Waals surface area contributed by atoms with Crippen molar-refractivity contribution in [2.75, 3.05) is 5.75 Å². The van der Waals surface area contributed by atoms with Crippen LogP contribution in [0.1, 0.15) is 64.9 Å². The lowest BCUT2D eigenvalue weighted by Crippen LogP contribution is -2.19. The number of thioether (sulfide) groups is 1. The second kappa shape index (κ2) is 7.97. The molecule has 1 saturated carbocycles. The van der Waals surface area contributed by atoms with Crippen molar-refractivity contribution in [3.63, 3.8) is 0 Å². The van der Waals surface area contributed by atoms with Crippen LogP contribution in [-0.4, -0.2) is 31.8 Å². The monoisotopic (exact) mass is 413 g/mol. The Bertz CT molecular complexity index is 876. The Kier molecular flexibility index (Phi) is 5.98. The van der Waals surface area contributed by atoms with Gasteiger partial charge >= 0.3 is 6.18 Å². The Morgan fingerprint density at radius 2 is 1.82 bits per heavy atom. The topological polar surface area (TPSA) is 39.8 Å². The summed E-state index contributed by atoms with van der Waals surface area (Å²) < 4.78 is 41.8. The number of aryl methyl sites for hydroxylation is 2. The van der Waals surface area contributed by atoms with Crippen molar-refractivity contribution in [3.05, 3.63) is 34.4 Å². The Morgan fingerprint density at radius 1 is 1.18 bits per heavy atom. The number of imidazole rings is 1. The average Bonchev–Trinajstić information content (AvgIpc) is 3.28. The number of nitrogens with zero attached hydrogens (tertiary/aromatic N) is 3. The molecule has 0 spiro atoms. The molecule has 0 amide bonds. The van der Waals surface area contributed by atoms with E-state index in [9.17, 15) is 18.0 Å². The van der Waals surface area contributed by atoms with E-state index in [-0.39, 0.29) is 11.5 Å². The summed E-state index contributed by atoms with van der Waals surface area (Å²) >= 11 is 1.38. The Morgan fingerprint density at radius 3 is 2.43 bits per heavy atom. The van der Waals surface area contributed by atoms with E-state index < -0.39 is 12.7 Å². The maximum atomic E-state index is 12.8. The summed E-state index contributed by atoms with van der Waals surface area (Å²) in [5.74, 6) is 0.00153. The van der Waals surface area contributed by atoms with Crippen molar-refractivity contribution >= 4 is 17.5 Å². The predicted octanol–water partition coefficient (Wildman–Crippen LogP) is 5.57. The van der Waals surface area contributed by atoms with Gasteiger partial charge in [0.1, 0.15) is 6.54 Å². The molecule has 1 aliphatic carbocycles. The van der Waals surface area contributed by atoms with E-state index >= 15 is 0 Å². The second-order valence-corrected chi connectivity index (χ2v) is 8.51. The molecule has 0 unspecified atom stereocenters. The van der Waals surface area contributed by atoms with E-state index in [4.69, 9.17) is 0 Å². The lowest BCUT2D eigenvalue weighted by molar-refractivity contribution is -0.141. The molecule has 3 rings (SSSR count). The van der Waals surface area contributed by atoms with E-state index in [2.05, 4.69) is 16.5 Å². The molecule has 0 saturated heterocycles. The standard InChI is InChI=1S/C20H26F3N3OS/c1-12-9-17(15(4)25(12)11-20(21,22)23)18(27)10-28-19-24-13(2)14(3)26(19)16-7-5-6-8-16/h9,16H,5-8,10-11H2,1-4H3. The van der Waals surface area contributed by atoms with Crippen LogP contribution in [0.2, 0.25) is 0 Å². The largest absolute Gasteiger partial charge is 0.406 e. The average molecular weight is 414 g/mol. The number of rotatable bonds is 6. The maximum Gasteiger partial charge on any atom is 0.406 e. The van der Waals surface area contributed by atoms with Gasteiger partial charge in [0, 0.05) is 28.7 Å². The van der Waals surface area contributed by atoms with E-state index in [1.165, 1.54) is 24.6 Å². The van der Waals surface area contributed by atoms with Crippen LogP contribution in [-0.2, 0) is 6.54 Å². The number of carbonyl (C=O) groups is 1. The molecule has 0 bridgehead atoms. The highest BCUT2D eigenvalue weighted by atomic mass is 32.2. The number of hydrogen-bond acceptors (Lipinski definition) is 3. The van der Waals surface area contributed by atoms with Crippen LogP contribution in [0.5, 0.6) is 0 Å². The second-order valence-electron chi connectivity index (χ2n) is 7.57. The van der Waals surface area contributed by atoms with Gasteiger partial charge in [0.25, 0.3) is 0 Å². The molecule has 154 valence electrons. The first-order chi connectivity index (χ1) is 13.1. The highest BCUT2D eigenvalue weighted by Crippen LogP contribution is 2.35. The van der Waals surface area contributed by atoms with E-state index in [0.717, 1.165) is 34.0 Å². The Hall–Kier alpha value is -1.70. The van der Waals surface area contributed by atoms with Crippen molar-refractivity contribution < 1.29 is 18.0 Å². The third kappa shape index (κ3) is 4.31. The molecule has 2 aromatic heterocycles. The van der Waals surface area contributed by atoms with Gasteiger partial charge in [-0.2, -0.15) is 13.2 Å². The molecule has 28 heavy (non-hydrogen) atoms. The summed E-state index contributed by atoms with van der Waals surface area (Å²) in [6.45, 7) is 6.12. The van der Waals surface area contributed by atoms with Crippen LogP contribution in [0, 0.1) is 27.7 Å². The van der Waals surface area contributed by atoms with Gasteiger partial charge in [-0.3, -0.25) is 4.79 Å². The normalized spacial score (nSPS) is 15.5. The van der Waals surface area contributed by atoms with E-state index in [1.54, 1.807) is 19.9 Å². The minimum atomic E-state index is -4.31. The highest BCUT2D eigenvalue weighted by molar-refractivity contribution is 7.99. The number of carbonyl (C=O) groups excluding carboxylic acids is 1. The zero-order valence-corrected chi connectivity index (χ0v) is 17.5. The molecule has 0 N–H and O–H groups in total. The van der Waals surface area contributed by atoms with Crippen molar-refractivity contribution in [1.29, 1.82) is 0 Å². The van der Waals surface area contributed by atoms with Gasteiger partial charge in [-0.1, -0.05) is 24.6 Å². The molecule has 0 radical (unpaired) electrons. The number of ketones is 1. The summed E-state index contributed by atoms with van der Waals surface area (Å²) in [6, 6.07) is 1.99. The van der Waals surface area contributed by atoms with Crippen LogP contribution in [0.3, 0.4) is 0 Å². The zero-order chi connectivity index (χ0) is 20.6. The lowest BCUT2D eigenvalue weighted by Gasteiger charge is -2.16. The molecule has 0 aliphatic heterocycles. The highest BCUT2D eigenvalue weighted by Gasteiger charge is 2.30. The molecule has 1 fully saturated rings. The van der Waals surface area contributed by atoms with Gasteiger partial charge in [0.15, 0.2) is 10.9 Å². The summed E-state index contributed by atoms with van der Waals surface area (Å²) in [4.78, 5) is 17.4. The van der Waals surface area contributed by atoms with Gasteiger partial charge < -0.3 is 9.13 Å². The molecular formula is C20H26F3N3OS. The molecule has 0 aromatic carbocycles. The summed E-state index contributed by atoms with van der Waals surface area (Å²) in [5.41, 5.74) is 3.27. The molecule has 0 atom stereocenters. The molecular weight excluding hydrogens is 387 g/mol. The maximum absolute atomic E-state index is 12.8. The minimum Gasteiger partial charge on any atom is -0.339 e. The lowest BCUT2D eigenvalue weighted by atomic mass is 10.2. The third-order valence-corrected chi connectivity index (χ3v) is 6.54. The Labute approximate surface area is 167 Å². The van der Waals surface area contributed by atoms with Crippen LogP contribution >= 0.6 is 11.8 Å². The fourth-order valence-electron chi connectivity index (χ4n) is 4.00. The fourth-order valence-corrected chi connectivity index (χ4v) is 5.05. The summed E-state index contributed by atoms with van der Waals surface area (Å²) in [6.07, 6.45) is 0.337. The van der Waals surface area contributed by atoms with E-state index in [0.29, 0.717) is 23.0 Å². The van der Waals surface area contributed by atoms with Crippen molar-refractivity contribution in [2.24, 2.45) is 0 Å². The quantitative estimate of drug-likeness (QED) is 0.459. The van der Waals surface area contributed by atoms with Gasteiger partial charge in [-0.05, 0) is 46.6 Å². The fraction of sp³-hybridized carbons (Fsp3) is 0.600. The first-order valence-electron chi connectivity index (χ1n) is 9.53.